The van der Waals surface area contributed by atoms with Crippen LogP contribution >= 0.6 is 0 Å². The highest BCUT2D eigenvalue weighted by atomic mass is 19.4. The molecule has 7 heteroatoms. The van der Waals surface area contributed by atoms with E-state index in [0.29, 0.717) is 0 Å². The van der Waals surface area contributed by atoms with Crippen molar-refractivity contribution in [1.82, 2.24) is 5.32 Å². The van der Waals surface area contributed by atoms with E-state index in [2.05, 4.69) is 10.1 Å². The van der Waals surface area contributed by atoms with E-state index in [-0.39, 0.29) is 25.5 Å². The zero-order valence-electron chi connectivity index (χ0n) is 10.9. The van der Waals surface area contributed by atoms with Crippen LogP contribution in [-0.2, 0) is 9.53 Å². The normalized spacial score (nSPS) is 19.2. The maximum atomic E-state index is 11.8. The van der Waals surface area contributed by atoms with E-state index in [1.54, 1.807) is 0 Å². The second-order valence-corrected chi connectivity index (χ2v) is 5.12. The first-order valence-electron chi connectivity index (χ1n) is 6.51. The molecule has 0 atom stereocenters. The van der Waals surface area contributed by atoms with Crippen LogP contribution in [0, 0.1) is 0 Å². The SMILES string of the molecule is NC1(CC(=O)NCCOCC(F)(F)F)CCCCC1. The quantitative estimate of drug-likeness (QED) is 0.729. The molecular weight excluding hydrogens is 261 g/mol. The fourth-order valence-electron chi connectivity index (χ4n) is 2.27. The van der Waals surface area contributed by atoms with Crippen LogP contribution in [0.4, 0.5) is 13.2 Å². The third kappa shape index (κ3) is 7.37. The van der Waals surface area contributed by atoms with Crippen LogP contribution < -0.4 is 11.1 Å². The minimum Gasteiger partial charge on any atom is -0.370 e. The first-order valence-corrected chi connectivity index (χ1v) is 6.51. The van der Waals surface area contributed by atoms with Gasteiger partial charge in [-0.1, -0.05) is 19.3 Å². The molecule has 0 aromatic carbocycles. The van der Waals surface area contributed by atoms with E-state index in [1.807, 2.05) is 0 Å². The van der Waals surface area contributed by atoms with E-state index in [4.69, 9.17) is 5.73 Å². The number of carbonyl (C=O) groups excluding carboxylic acids is 1. The van der Waals surface area contributed by atoms with Gasteiger partial charge in [0.15, 0.2) is 0 Å². The van der Waals surface area contributed by atoms with E-state index in [0.717, 1.165) is 32.1 Å². The van der Waals surface area contributed by atoms with Gasteiger partial charge in [0.05, 0.1) is 6.61 Å². The molecule has 0 saturated heterocycles. The number of alkyl halides is 3. The van der Waals surface area contributed by atoms with Crippen molar-refractivity contribution in [2.75, 3.05) is 19.8 Å². The van der Waals surface area contributed by atoms with Gasteiger partial charge in [-0.05, 0) is 12.8 Å². The predicted molar refractivity (Wildman–Crippen MR) is 64.5 cm³/mol. The third-order valence-electron chi connectivity index (χ3n) is 3.20. The Morgan fingerprint density at radius 3 is 2.47 bits per heavy atom. The van der Waals surface area contributed by atoms with Gasteiger partial charge in [-0.3, -0.25) is 4.79 Å². The van der Waals surface area contributed by atoms with Gasteiger partial charge in [0.2, 0.25) is 5.91 Å². The van der Waals surface area contributed by atoms with E-state index >= 15 is 0 Å². The van der Waals surface area contributed by atoms with Crippen LogP contribution in [0.1, 0.15) is 38.5 Å². The van der Waals surface area contributed by atoms with Crippen molar-refractivity contribution in [2.24, 2.45) is 5.73 Å². The van der Waals surface area contributed by atoms with Gasteiger partial charge < -0.3 is 15.8 Å². The van der Waals surface area contributed by atoms with Gasteiger partial charge in [0.25, 0.3) is 0 Å². The van der Waals surface area contributed by atoms with E-state index in [9.17, 15) is 18.0 Å². The molecule has 1 aliphatic rings. The van der Waals surface area contributed by atoms with Crippen LogP contribution in [-0.4, -0.2) is 37.4 Å². The molecule has 0 radical (unpaired) electrons. The van der Waals surface area contributed by atoms with Gasteiger partial charge in [0.1, 0.15) is 6.61 Å². The molecule has 0 bridgehead atoms. The Hall–Kier alpha value is -0.820. The molecule has 19 heavy (non-hydrogen) atoms. The first kappa shape index (κ1) is 16.2. The fraction of sp³-hybridized carbons (Fsp3) is 0.917. The lowest BCUT2D eigenvalue weighted by molar-refractivity contribution is -0.173. The van der Waals surface area contributed by atoms with Gasteiger partial charge in [-0.2, -0.15) is 13.2 Å². The number of hydrogen-bond donors (Lipinski definition) is 2. The van der Waals surface area contributed by atoms with Crippen molar-refractivity contribution >= 4 is 5.91 Å². The summed E-state index contributed by atoms with van der Waals surface area (Å²) in [4.78, 5) is 11.6. The van der Waals surface area contributed by atoms with Gasteiger partial charge in [0, 0.05) is 18.5 Å². The topological polar surface area (TPSA) is 64.4 Å². The summed E-state index contributed by atoms with van der Waals surface area (Å²) in [5.74, 6) is -0.222. The highest BCUT2D eigenvalue weighted by Gasteiger charge is 2.30. The molecule has 112 valence electrons. The van der Waals surface area contributed by atoms with Crippen molar-refractivity contribution in [3.05, 3.63) is 0 Å². The number of carbonyl (C=O) groups is 1. The highest BCUT2D eigenvalue weighted by molar-refractivity contribution is 5.77. The van der Waals surface area contributed by atoms with Crippen molar-refractivity contribution in [1.29, 1.82) is 0 Å². The summed E-state index contributed by atoms with van der Waals surface area (Å²) >= 11 is 0. The summed E-state index contributed by atoms with van der Waals surface area (Å²) in [7, 11) is 0. The Kier molecular flexibility index (Phi) is 6.06. The van der Waals surface area contributed by atoms with Crippen molar-refractivity contribution < 1.29 is 22.7 Å². The van der Waals surface area contributed by atoms with Crippen molar-refractivity contribution in [3.8, 4) is 0 Å². The van der Waals surface area contributed by atoms with Crippen LogP contribution in [0.2, 0.25) is 0 Å². The lowest BCUT2D eigenvalue weighted by Crippen LogP contribution is -2.46. The summed E-state index contributed by atoms with van der Waals surface area (Å²) in [5.41, 5.74) is 5.66. The van der Waals surface area contributed by atoms with E-state index in [1.165, 1.54) is 0 Å². The average Bonchev–Trinajstić information content (AvgIpc) is 2.27. The molecule has 0 unspecified atom stereocenters. The maximum absolute atomic E-state index is 11.8. The van der Waals surface area contributed by atoms with Gasteiger partial charge in [-0.15, -0.1) is 0 Å². The molecule has 1 amide bonds. The van der Waals surface area contributed by atoms with Crippen LogP contribution in [0.5, 0.6) is 0 Å². The standard InChI is InChI=1S/C12H21F3N2O2/c13-12(14,15)9-19-7-6-17-10(18)8-11(16)4-2-1-3-5-11/h1-9,16H2,(H,17,18). The molecule has 1 rings (SSSR count). The summed E-state index contributed by atoms with van der Waals surface area (Å²) in [6.07, 6.45) is 0.748. The van der Waals surface area contributed by atoms with E-state index < -0.39 is 18.3 Å². The smallest absolute Gasteiger partial charge is 0.370 e. The molecule has 1 fully saturated rings. The number of hydrogen-bond acceptors (Lipinski definition) is 3. The van der Waals surface area contributed by atoms with Crippen LogP contribution in [0.3, 0.4) is 0 Å². The highest BCUT2D eigenvalue weighted by Crippen LogP contribution is 2.28. The molecule has 0 heterocycles. The number of nitrogens with two attached hydrogens (primary N) is 1. The molecular formula is C12H21F3N2O2. The Balaban J connectivity index is 2.11. The van der Waals surface area contributed by atoms with Gasteiger partial charge in [-0.25, -0.2) is 0 Å². The van der Waals surface area contributed by atoms with Crippen LogP contribution in [0.15, 0.2) is 0 Å². The molecule has 0 aliphatic heterocycles. The molecule has 4 nitrogen and oxygen atoms in total. The summed E-state index contributed by atoms with van der Waals surface area (Å²) in [6, 6.07) is 0. The number of amides is 1. The summed E-state index contributed by atoms with van der Waals surface area (Å²) < 4.78 is 39.7. The zero-order chi connectivity index (χ0) is 14.4. The van der Waals surface area contributed by atoms with Gasteiger partial charge >= 0.3 is 6.18 Å². The Morgan fingerprint density at radius 1 is 1.26 bits per heavy atom. The van der Waals surface area contributed by atoms with Crippen molar-refractivity contribution in [3.63, 3.8) is 0 Å². The summed E-state index contributed by atoms with van der Waals surface area (Å²) in [6.45, 7) is -1.36. The number of nitrogens with one attached hydrogen (secondary N) is 1. The molecule has 1 aliphatic carbocycles. The second kappa shape index (κ2) is 7.09. The number of rotatable bonds is 6. The molecule has 3 N–H and O–H groups in total. The van der Waals surface area contributed by atoms with Crippen LogP contribution in [0.25, 0.3) is 0 Å². The molecule has 0 aromatic rings. The minimum absolute atomic E-state index is 0.0744. The molecule has 0 aromatic heterocycles. The summed E-state index contributed by atoms with van der Waals surface area (Å²) in [5, 5.41) is 2.53. The molecule has 0 spiro atoms. The average molecular weight is 282 g/mol. The lowest BCUT2D eigenvalue weighted by atomic mass is 9.80. The van der Waals surface area contributed by atoms with Crippen molar-refractivity contribution in [2.45, 2.75) is 50.2 Å². The minimum atomic E-state index is -4.33. The second-order valence-electron chi connectivity index (χ2n) is 5.12. The number of ether oxygens (including phenoxy) is 1. The number of halogens is 3. The third-order valence-corrected chi connectivity index (χ3v) is 3.20. The Labute approximate surface area is 110 Å². The first-order chi connectivity index (χ1) is 8.81. The largest absolute Gasteiger partial charge is 0.411 e. The monoisotopic (exact) mass is 282 g/mol. The lowest BCUT2D eigenvalue weighted by Gasteiger charge is -2.32. The molecule has 1 saturated carbocycles. The Bertz CT molecular complexity index is 289. The predicted octanol–water partition coefficient (Wildman–Crippen LogP) is 1.73. The Morgan fingerprint density at radius 2 is 1.89 bits per heavy atom. The zero-order valence-corrected chi connectivity index (χ0v) is 10.9. The fourth-order valence-corrected chi connectivity index (χ4v) is 2.27. The maximum Gasteiger partial charge on any atom is 0.411 e.